The van der Waals surface area contributed by atoms with Crippen molar-refractivity contribution in [2.24, 2.45) is 0 Å². The minimum absolute atomic E-state index is 0.0683. The zero-order chi connectivity index (χ0) is 14.0. The number of hydrogen-bond donors (Lipinski definition) is 1. The van der Waals surface area contributed by atoms with Gasteiger partial charge in [0.2, 0.25) is 5.95 Å². The summed E-state index contributed by atoms with van der Waals surface area (Å²) in [6.45, 7) is -1.09. The van der Waals surface area contributed by atoms with Crippen LogP contribution in [0.4, 0.5) is 19.1 Å². The van der Waals surface area contributed by atoms with E-state index in [-0.39, 0.29) is 19.1 Å². The number of nitrogens with zero attached hydrogens (tertiary/aromatic N) is 2. The Hall–Kier alpha value is -1.03. The van der Waals surface area contributed by atoms with Crippen LogP contribution in [0.3, 0.4) is 0 Å². The predicted molar refractivity (Wildman–Crippen MR) is 73.7 cm³/mol. The lowest BCUT2D eigenvalue weighted by atomic mass is 10.3. The lowest BCUT2D eigenvalue weighted by Crippen LogP contribution is -2.19. The third kappa shape index (κ3) is 3.72. The molecular weight excluding hydrogens is 374 g/mol. The molecule has 0 aliphatic carbocycles. The minimum Gasteiger partial charge on any atom is -0.370 e. The Kier molecular flexibility index (Phi) is 4.19. The van der Waals surface area contributed by atoms with Crippen molar-refractivity contribution in [1.82, 2.24) is 9.55 Å². The fourth-order valence-corrected chi connectivity index (χ4v) is 2.18. The molecule has 0 radical (unpaired) electrons. The normalized spacial score (nSPS) is 12.2. The molecule has 0 saturated heterocycles. The van der Waals surface area contributed by atoms with Gasteiger partial charge in [-0.1, -0.05) is 0 Å². The van der Waals surface area contributed by atoms with Crippen molar-refractivity contribution in [2.75, 3.05) is 18.9 Å². The zero-order valence-electron chi connectivity index (χ0n) is 9.75. The molecule has 0 unspecified atom stereocenters. The van der Waals surface area contributed by atoms with Crippen LogP contribution in [-0.2, 0) is 11.3 Å². The van der Waals surface area contributed by atoms with E-state index in [0.717, 1.165) is 14.6 Å². The first-order valence-corrected chi connectivity index (χ1v) is 6.50. The van der Waals surface area contributed by atoms with Gasteiger partial charge in [0, 0.05) is 10.1 Å². The van der Waals surface area contributed by atoms with E-state index < -0.39 is 12.8 Å². The average molecular weight is 385 g/mol. The first-order valence-electron chi connectivity index (χ1n) is 5.42. The molecule has 19 heavy (non-hydrogen) atoms. The van der Waals surface area contributed by atoms with E-state index in [9.17, 15) is 13.2 Å². The van der Waals surface area contributed by atoms with Crippen LogP contribution in [0, 0.1) is 3.57 Å². The smallest absolute Gasteiger partial charge is 0.370 e. The highest BCUT2D eigenvalue weighted by molar-refractivity contribution is 14.1. The SMILES string of the molecule is Nc1nc2cc(I)ccc2n1CCOCC(F)(F)F. The number of halogens is 4. The summed E-state index contributed by atoms with van der Waals surface area (Å²) in [5.74, 6) is 0.271. The summed E-state index contributed by atoms with van der Waals surface area (Å²) in [5, 5.41) is 0. The van der Waals surface area contributed by atoms with Crippen molar-refractivity contribution in [3.05, 3.63) is 21.8 Å². The Morgan fingerprint density at radius 3 is 2.79 bits per heavy atom. The molecule has 2 N–H and O–H groups in total. The third-order valence-electron chi connectivity index (χ3n) is 2.46. The van der Waals surface area contributed by atoms with Gasteiger partial charge in [-0.3, -0.25) is 0 Å². The number of benzene rings is 1. The van der Waals surface area contributed by atoms with Crippen LogP contribution in [0.1, 0.15) is 0 Å². The molecular formula is C11H11F3IN3O. The number of rotatable bonds is 4. The number of hydrogen-bond acceptors (Lipinski definition) is 3. The molecule has 0 bridgehead atoms. The third-order valence-corrected chi connectivity index (χ3v) is 3.14. The van der Waals surface area contributed by atoms with Crippen molar-refractivity contribution < 1.29 is 17.9 Å². The molecule has 4 nitrogen and oxygen atoms in total. The van der Waals surface area contributed by atoms with Crippen LogP contribution in [0.2, 0.25) is 0 Å². The maximum atomic E-state index is 11.9. The number of alkyl halides is 3. The summed E-state index contributed by atoms with van der Waals surface area (Å²) in [7, 11) is 0. The molecule has 0 aliphatic heterocycles. The zero-order valence-corrected chi connectivity index (χ0v) is 11.9. The molecule has 2 rings (SSSR count). The Labute approximate surface area is 120 Å². The molecule has 1 aromatic heterocycles. The van der Waals surface area contributed by atoms with Crippen LogP contribution in [0.5, 0.6) is 0 Å². The van der Waals surface area contributed by atoms with Gasteiger partial charge >= 0.3 is 6.18 Å². The Morgan fingerprint density at radius 2 is 2.11 bits per heavy atom. The molecule has 1 heterocycles. The summed E-state index contributed by atoms with van der Waals surface area (Å²) >= 11 is 2.15. The van der Waals surface area contributed by atoms with Gasteiger partial charge in [-0.15, -0.1) is 0 Å². The van der Waals surface area contributed by atoms with Crippen molar-refractivity contribution >= 4 is 39.6 Å². The van der Waals surface area contributed by atoms with Gasteiger partial charge in [0.1, 0.15) is 6.61 Å². The van der Waals surface area contributed by atoms with Crippen molar-refractivity contribution in [3.63, 3.8) is 0 Å². The lowest BCUT2D eigenvalue weighted by Gasteiger charge is -2.09. The van der Waals surface area contributed by atoms with E-state index in [2.05, 4.69) is 32.3 Å². The van der Waals surface area contributed by atoms with Gasteiger partial charge in [-0.05, 0) is 40.8 Å². The van der Waals surface area contributed by atoms with E-state index in [4.69, 9.17) is 5.73 Å². The molecule has 2 aromatic rings. The van der Waals surface area contributed by atoms with Gasteiger partial charge in [0.15, 0.2) is 0 Å². The van der Waals surface area contributed by atoms with Gasteiger partial charge in [-0.2, -0.15) is 13.2 Å². The van der Waals surface area contributed by atoms with Crippen molar-refractivity contribution in [3.8, 4) is 0 Å². The lowest BCUT2D eigenvalue weighted by molar-refractivity contribution is -0.174. The summed E-state index contributed by atoms with van der Waals surface area (Å²) in [4.78, 5) is 4.16. The number of fused-ring (bicyclic) bond motifs is 1. The Bertz CT molecular complexity index is 582. The standard InChI is InChI=1S/C11H11F3IN3O/c12-11(13,14)6-19-4-3-18-9-2-1-7(15)5-8(9)17-10(18)16/h1-2,5H,3-4,6H2,(H2,16,17). The van der Waals surface area contributed by atoms with Crippen molar-refractivity contribution in [2.45, 2.75) is 12.7 Å². The summed E-state index contributed by atoms with van der Waals surface area (Å²) in [6, 6.07) is 5.58. The summed E-state index contributed by atoms with van der Waals surface area (Å²) < 4.78 is 43.0. The molecule has 104 valence electrons. The monoisotopic (exact) mass is 385 g/mol. The topological polar surface area (TPSA) is 53.1 Å². The number of ether oxygens (including phenoxy) is 1. The highest BCUT2D eigenvalue weighted by Gasteiger charge is 2.27. The van der Waals surface area contributed by atoms with E-state index in [1.54, 1.807) is 4.57 Å². The first kappa shape index (κ1) is 14.4. The summed E-state index contributed by atoms with van der Waals surface area (Å²) in [6.07, 6.45) is -4.31. The minimum atomic E-state index is -4.31. The molecule has 0 spiro atoms. The molecule has 1 aromatic carbocycles. The largest absolute Gasteiger partial charge is 0.411 e. The second-order valence-electron chi connectivity index (χ2n) is 3.92. The van der Waals surface area contributed by atoms with Gasteiger partial charge in [0.25, 0.3) is 0 Å². The number of anilines is 1. The number of imidazole rings is 1. The predicted octanol–water partition coefficient (Wildman–Crippen LogP) is 2.80. The number of nitrogen functional groups attached to an aromatic ring is 1. The second-order valence-corrected chi connectivity index (χ2v) is 5.17. The first-order chi connectivity index (χ1) is 8.87. The molecule has 0 atom stereocenters. The van der Waals surface area contributed by atoms with E-state index in [0.29, 0.717) is 0 Å². The highest BCUT2D eigenvalue weighted by Crippen LogP contribution is 2.20. The average Bonchev–Trinajstić information content (AvgIpc) is 2.58. The van der Waals surface area contributed by atoms with Crippen LogP contribution in [-0.4, -0.2) is 28.9 Å². The maximum absolute atomic E-state index is 11.9. The van der Waals surface area contributed by atoms with Crippen LogP contribution in [0.15, 0.2) is 18.2 Å². The molecule has 8 heteroatoms. The summed E-state index contributed by atoms with van der Waals surface area (Å²) in [5.41, 5.74) is 7.25. The van der Waals surface area contributed by atoms with Gasteiger partial charge in [0.05, 0.1) is 17.6 Å². The van der Waals surface area contributed by atoms with Crippen molar-refractivity contribution in [1.29, 1.82) is 0 Å². The Balaban J connectivity index is 2.06. The maximum Gasteiger partial charge on any atom is 0.411 e. The van der Waals surface area contributed by atoms with Crippen LogP contribution >= 0.6 is 22.6 Å². The van der Waals surface area contributed by atoms with E-state index in [1.165, 1.54) is 0 Å². The molecule has 0 fully saturated rings. The van der Waals surface area contributed by atoms with Crippen LogP contribution in [0.25, 0.3) is 11.0 Å². The highest BCUT2D eigenvalue weighted by atomic mass is 127. The molecule has 0 amide bonds. The number of aromatic nitrogens is 2. The molecule has 0 saturated carbocycles. The quantitative estimate of drug-likeness (QED) is 0.651. The Morgan fingerprint density at radius 1 is 1.37 bits per heavy atom. The van der Waals surface area contributed by atoms with Crippen LogP contribution < -0.4 is 5.73 Å². The fraction of sp³-hybridized carbons (Fsp3) is 0.364. The van der Waals surface area contributed by atoms with E-state index >= 15 is 0 Å². The second kappa shape index (κ2) is 5.53. The van der Waals surface area contributed by atoms with E-state index in [1.807, 2.05) is 18.2 Å². The molecule has 0 aliphatic rings. The number of nitrogens with two attached hydrogens (primary N) is 1. The van der Waals surface area contributed by atoms with Gasteiger partial charge in [-0.25, -0.2) is 4.98 Å². The van der Waals surface area contributed by atoms with Gasteiger partial charge < -0.3 is 15.0 Å². The fourth-order valence-electron chi connectivity index (χ4n) is 1.70.